The number of terminal acetylenes is 1. The molecule has 3 aromatic heterocycles. The van der Waals surface area contributed by atoms with Gasteiger partial charge in [0.25, 0.3) is 0 Å². The van der Waals surface area contributed by atoms with E-state index in [2.05, 4.69) is 25.4 Å². The van der Waals surface area contributed by atoms with Crippen molar-refractivity contribution < 1.29 is 17.0 Å². The van der Waals surface area contributed by atoms with Crippen molar-refractivity contribution in [2.45, 2.75) is 30.9 Å². The molecule has 8 nitrogen and oxygen atoms in total. The van der Waals surface area contributed by atoms with Gasteiger partial charge in [0.2, 0.25) is 0 Å². The number of hydrogen-bond acceptors (Lipinski definition) is 6. The number of aromatic nitrogens is 3. The predicted octanol–water partition coefficient (Wildman–Crippen LogP) is 4.61. The fraction of sp³-hybridized carbons (Fsp3) is 0.241. The highest BCUT2D eigenvalue weighted by atomic mass is 32.3. The van der Waals surface area contributed by atoms with Gasteiger partial charge in [0.1, 0.15) is 16.3 Å². The van der Waals surface area contributed by atoms with Crippen molar-refractivity contribution in [3.05, 3.63) is 64.6 Å². The zero-order valence-electron chi connectivity index (χ0n) is 21.5. The van der Waals surface area contributed by atoms with Crippen molar-refractivity contribution in [3.63, 3.8) is 0 Å². The van der Waals surface area contributed by atoms with Gasteiger partial charge in [-0.25, -0.2) is 0 Å². The molecule has 0 spiro atoms. The van der Waals surface area contributed by atoms with Crippen molar-refractivity contribution in [3.8, 4) is 29.2 Å². The maximum absolute atomic E-state index is 14.1. The van der Waals surface area contributed by atoms with Gasteiger partial charge < -0.3 is 19.2 Å². The van der Waals surface area contributed by atoms with Crippen molar-refractivity contribution in [2.24, 2.45) is 0 Å². The number of nitrogens with one attached hydrogen (secondary N) is 1. The Morgan fingerprint density at radius 1 is 1.15 bits per heavy atom. The van der Waals surface area contributed by atoms with Gasteiger partial charge in [-0.05, 0) is 51.2 Å². The Kier molecular flexibility index (Phi) is 5.75. The molecule has 0 bridgehead atoms. The molecule has 4 heterocycles. The Balaban J connectivity index is 1.74. The topological polar surface area (TPSA) is 97.3 Å². The van der Waals surface area contributed by atoms with Gasteiger partial charge >= 0.3 is 10.2 Å². The Bertz CT molecular complexity index is 2020. The second-order valence-electron chi connectivity index (χ2n) is 10.2. The summed E-state index contributed by atoms with van der Waals surface area (Å²) < 4.78 is 45.3. The van der Waals surface area contributed by atoms with E-state index in [1.807, 2.05) is 39.1 Å². The van der Waals surface area contributed by atoms with Crippen molar-refractivity contribution in [1.82, 2.24) is 19.4 Å². The molecule has 10 heteroatoms. The third kappa shape index (κ3) is 4.15. The summed E-state index contributed by atoms with van der Waals surface area (Å²) in [5.41, 5.74) is 3.48. The van der Waals surface area contributed by atoms with Crippen LogP contribution in [-0.2, 0) is 10.2 Å². The van der Waals surface area contributed by atoms with Gasteiger partial charge in [-0.2, -0.15) is 8.42 Å². The number of likely N-dealkylation sites (tertiary alicyclic amines) is 1. The monoisotopic (exact) mass is 544 g/mol. The average Bonchev–Trinajstić information content (AvgIpc) is 3.25. The zero-order valence-corrected chi connectivity index (χ0v) is 22.3. The first-order valence-electron chi connectivity index (χ1n) is 12.4. The van der Waals surface area contributed by atoms with Crippen LogP contribution in [0.5, 0.6) is 5.75 Å². The summed E-state index contributed by atoms with van der Waals surface area (Å²) in [6.45, 7) is 5.25. The molecule has 0 radical (unpaired) electrons. The molecule has 1 fully saturated rings. The highest BCUT2D eigenvalue weighted by Crippen LogP contribution is 2.39. The van der Waals surface area contributed by atoms with E-state index in [0.717, 1.165) is 30.2 Å². The third-order valence-corrected chi connectivity index (χ3v) is 7.88. The summed E-state index contributed by atoms with van der Waals surface area (Å²) in [7, 11) is -2.95. The molecule has 1 aliphatic rings. The smallest absolute Gasteiger partial charge is 0.333 e. The third-order valence-electron chi connectivity index (χ3n) is 7.09. The molecule has 1 N–H and O–H groups in total. The lowest BCUT2D eigenvalue weighted by molar-refractivity contribution is 0.146. The number of H-pyrrole nitrogens is 1. The molecule has 1 saturated heterocycles. The van der Waals surface area contributed by atoms with Gasteiger partial charge in [0.15, 0.2) is 5.43 Å². The van der Waals surface area contributed by atoms with E-state index in [1.54, 1.807) is 12.1 Å². The van der Waals surface area contributed by atoms with Crippen LogP contribution in [0.25, 0.3) is 44.0 Å². The van der Waals surface area contributed by atoms with Crippen LogP contribution in [0, 0.1) is 12.3 Å². The van der Waals surface area contributed by atoms with Crippen molar-refractivity contribution >= 4 is 43.1 Å². The molecule has 0 amide bonds. The number of hydrogen-bond donors (Lipinski definition) is 1. The highest BCUT2D eigenvalue weighted by molar-refractivity contribution is 7.86. The highest BCUT2D eigenvalue weighted by Gasteiger charge is 2.30. The quantitative estimate of drug-likeness (QED) is 0.256. The molecule has 198 valence electrons. The number of pyridine rings is 2. The predicted molar refractivity (Wildman–Crippen MR) is 149 cm³/mol. The van der Waals surface area contributed by atoms with Gasteiger partial charge in [-0.15, -0.1) is 10.3 Å². The minimum atomic E-state index is -4.97. The van der Waals surface area contributed by atoms with Gasteiger partial charge in [0, 0.05) is 53.1 Å². The number of aromatic amines is 1. The van der Waals surface area contributed by atoms with Crippen LogP contribution in [0.15, 0.2) is 58.5 Å². The molecule has 0 saturated carbocycles. The lowest BCUT2D eigenvalue weighted by atomic mass is 10.00. The number of halogens is 1. The lowest BCUT2D eigenvalue weighted by Crippen LogP contribution is -2.45. The maximum atomic E-state index is 14.1. The normalized spacial score (nSPS) is 14.8. The summed E-state index contributed by atoms with van der Waals surface area (Å²) in [6, 6.07) is 10.3. The number of rotatable bonds is 5. The summed E-state index contributed by atoms with van der Waals surface area (Å²) in [5.74, 6) is 3.01. The second kappa shape index (κ2) is 8.93. The van der Waals surface area contributed by atoms with Crippen LogP contribution >= 0.6 is 0 Å². The molecule has 0 atom stereocenters. The maximum Gasteiger partial charge on any atom is 0.333 e. The second-order valence-corrected chi connectivity index (χ2v) is 11.6. The SMILES string of the molecule is C#Cc1ccc2c(c1)[nH]c1c2c(=O)c2cc(OC(C)C)c(-c3cncc(S(=O)(=O)F)c3)cc2n1C1CN(C)C1. The van der Waals surface area contributed by atoms with Crippen LogP contribution in [0.2, 0.25) is 0 Å². The molecular formula is C29H25FN4O4S. The molecule has 0 aliphatic carbocycles. The summed E-state index contributed by atoms with van der Waals surface area (Å²) in [5, 5.41) is 1.80. The Morgan fingerprint density at radius 3 is 2.59 bits per heavy atom. The van der Waals surface area contributed by atoms with E-state index in [-0.39, 0.29) is 17.6 Å². The van der Waals surface area contributed by atoms with Gasteiger partial charge in [-0.1, -0.05) is 12.0 Å². The average molecular weight is 545 g/mol. The van der Waals surface area contributed by atoms with Crippen LogP contribution < -0.4 is 10.2 Å². The van der Waals surface area contributed by atoms with E-state index >= 15 is 0 Å². The first-order valence-corrected chi connectivity index (χ1v) is 13.8. The Morgan fingerprint density at radius 2 is 1.92 bits per heavy atom. The fourth-order valence-corrected chi connectivity index (χ4v) is 5.83. The van der Waals surface area contributed by atoms with E-state index < -0.39 is 15.1 Å². The van der Waals surface area contributed by atoms with E-state index in [4.69, 9.17) is 11.2 Å². The van der Waals surface area contributed by atoms with Gasteiger partial charge in [0.05, 0.1) is 28.4 Å². The lowest BCUT2D eigenvalue weighted by Gasteiger charge is -2.39. The van der Waals surface area contributed by atoms with E-state index in [9.17, 15) is 17.1 Å². The van der Waals surface area contributed by atoms with Gasteiger partial charge in [-0.3, -0.25) is 9.78 Å². The molecule has 39 heavy (non-hydrogen) atoms. The molecule has 5 aromatic rings. The zero-order chi connectivity index (χ0) is 27.6. The minimum Gasteiger partial charge on any atom is -0.490 e. The molecule has 6 rings (SSSR count). The summed E-state index contributed by atoms with van der Waals surface area (Å²) >= 11 is 0. The molecule has 1 aliphatic heterocycles. The Labute approximate surface area is 224 Å². The number of ether oxygens (including phenoxy) is 1. The van der Waals surface area contributed by atoms with E-state index in [0.29, 0.717) is 44.4 Å². The van der Waals surface area contributed by atoms with Crippen LogP contribution in [0.4, 0.5) is 3.89 Å². The minimum absolute atomic E-state index is 0.0705. The first kappa shape index (κ1) is 25.1. The fourth-order valence-electron chi connectivity index (χ4n) is 5.37. The van der Waals surface area contributed by atoms with Crippen LogP contribution in [0.1, 0.15) is 25.5 Å². The Hall–Kier alpha value is -4.20. The van der Waals surface area contributed by atoms with Crippen molar-refractivity contribution in [2.75, 3.05) is 20.1 Å². The molecule has 0 unspecified atom stereocenters. The molecular weight excluding hydrogens is 519 g/mol. The largest absolute Gasteiger partial charge is 0.490 e. The summed E-state index contributed by atoms with van der Waals surface area (Å²) in [6.07, 6.45) is 7.78. The van der Waals surface area contributed by atoms with Crippen LogP contribution in [-0.4, -0.2) is 54.1 Å². The number of likely N-dealkylation sites (N-methyl/N-ethyl adjacent to an activating group) is 1. The summed E-state index contributed by atoms with van der Waals surface area (Å²) in [4.78, 5) is 23.1. The standard InChI is InChI=1S/C29H25FN4O4S/c1-5-17-6-7-21-24(8-17)32-29-27(21)28(35)23-11-26(38-16(2)3)22(10-25(23)34(29)19-14-33(4)15-19)18-9-20(13-31-12-18)39(30,36)37/h1,6-13,16,19,32H,14-15H2,2-4H3. The number of fused-ring (bicyclic) bond motifs is 4. The number of nitrogens with zero attached hydrogens (tertiary/aromatic N) is 3. The first-order chi connectivity index (χ1) is 18.5. The molecule has 2 aromatic carbocycles. The number of benzene rings is 2. The van der Waals surface area contributed by atoms with Crippen molar-refractivity contribution in [1.29, 1.82) is 0 Å². The van der Waals surface area contributed by atoms with Crippen LogP contribution in [0.3, 0.4) is 0 Å². The van der Waals surface area contributed by atoms with E-state index in [1.165, 1.54) is 12.3 Å².